The van der Waals surface area contributed by atoms with Gasteiger partial charge in [-0.25, -0.2) is 14.3 Å². The number of esters is 1. The summed E-state index contributed by atoms with van der Waals surface area (Å²) in [7, 11) is 1.74. The number of nitrogens with zero attached hydrogens (tertiary/aromatic N) is 4. The Morgan fingerprint density at radius 1 is 1.00 bits per heavy atom. The van der Waals surface area contributed by atoms with E-state index >= 15 is 0 Å². The Hall–Kier alpha value is -3.27. The Morgan fingerprint density at radius 2 is 1.72 bits per heavy atom. The first-order valence-electron chi connectivity index (χ1n) is 13.7. The second kappa shape index (κ2) is 13.2. The molecule has 0 bridgehead atoms. The lowest BCUT2D eigenvalue weighted by molar-refractivity contribution is 0.0526. The topological polar surface area (TPSA) is 78.2 Å². The van der Waals surface area contributed by atoms with E-state index in [1.165, 1.54) is 5.69 Å². The lowest BCUT2D eigenvalue weighted by Gasteiger charge is -2.33. The fraction of sp³-hybridized carbons (Fsp3) is 0.433. The summed E-state index contributed by atoms with van der Waals surface area (Å²) in [6.45, 7) is 6.79. The Kier molecular flexibility index (Phi) is 9.23. The molecular formula is C30H36N4O4S. The van der Waals surface area contributed by atoms with Crippen LogP contribution < -0.4 is 4.90 Å². The zero-order valence-corrected chi connectivity index (χ0v) is 23.5. The van der Waals surface area contributed by atoms with Crippen LogP contribution in [0.4, 0.5) is 5.69 Å². The molecule has 0 unspecified atom stereocenters. The normalized spacial score (nSPS) is 14.3. The first kappa shape index (κ1) is 27.3. The van der Waals surface area contributed by atoms with Gasteiger partial charge in [0.05, 0.1) is 24.1 Å². The van der Waals surface area contributed by atoms with Crippen LogP contribution in [0.2, 0.25) is 0 Å². The Morgan fingerprint density at radius 3 is 2.41 bits per heavy atom. The summed E-state index contributed by atoms with van der Waals surface area (Å²) in [6, 6.07) is 16.0. The van der Waals surface area contributed by atoms with Gasteiger partial charge in [-0.3, -0.25) is 0 Å². The van der Waals surface area contributed by atoms with Crippen molar-refractivity contribution in [3.63, 3.8) is 0 Å². The maximum Gasteiger partial charge on any atom is 0.338 e. The molecule has 1 fully saturated rings. The molecule has 0 atom stereocenters. The molecule has 2 aromatic heterocycles. The number of hydrogen-bond acceptors (Lipinski definition) is 8. The first-order valence-corrected chi connectivity index (χ1v) is 14.5. The summed E-state index contributed by atoms with van der Waals surface area (Å²) < 4.78 is 17.9. The molecule has 1 aliphatic heterocycles. The number of imidazole rings is 1. The van der Waals surface area contributed by atoms with Crippen molar-refractivity contribution in [2.45, 2.75) is 32.6 Å². The van der Waals surface area contributed by atoms with Crippen molar-refractivity contribution in [2.24, 2.45) is 5.92 Å². The minimum absolute atomic E-state index is 0.314. The molecule has 3 heterocycles. The van der Waals surface area contributed by atoms with Crippen molar-refractivity contribution in [2.75, 3.05) is 51.5 Å². The molecule has 0 amide bonds. The van der Waals surface area contributed by atoms with E-state index in [0.29, 0.717) is 18.1 Å². The van der Waals surface area contributed by atoms with Crippen molar-refractivity contribution >= 4 is 28.0 Å². The van der Waals surface area contributed by atoms with Gasteiger partial charge in [0.2, 0.25) is 4.96 Å². The van der Waals surface area contributed by atoms with Gasteiger partial charge >= 0.3 is 5.97 Å². The molecule has 8 nitrogen and oxygen atoms in total. The van der Waals surface area contributed by atoms with Crippen LogP contribution in [0.1, 0.15) is 43.0 Å². The average Bonchev–Trinajstić information content (AvgIpc) is 3.56. The van der Waals surface area contributed by atoms with Crippen LogP contribution in [0, 0.1) is 5.92 Å². The summed E-state index contributed by atoms with van der Waals surface area (Å²) in [5, 5.41) is 5.71. The van der Waals surface area contributed by atoms with E-state index in [4.69, 9.17) is 24.3 Å². The molecule has 0 aliphatic carbocycles. The predicted molar refractivity (Wildman–Crippen MR) is 155 cm³/mol. The smallest absolute Gasteiger partial charge is 0.338 e. The summed E-state index contributed by atoms with van der Waals surface area (Å²) in [4.78, 5) is 20.0. The molecular weight excluding hydrogens is 512 g/mol. The predicted octanol–water partition coefficient (Wildman–Crippen LogP) is 5.96. The Bertz CT molecular complexity index is 1310. The van der Waals surface area contributed by atoms with E-state index in [9.17, 15) is 4.79 Å². The largest absolute Gasteiger partial charge is 0.462 e. The van der Waals surface area contributed by atoms with Gasteiger partial charge in [-0.05, 0) is 74.9 Å². The minimum atomic E-state index is -0.314. The molecule has 0 radical (unpaired) electrons. The first-order chi connectivity index (χ1) is 19.1. The standard InChI is InChI=1S/C30H36N4O4S/c1-3-38-29(35)25-8-6-23(7-9-25)27-20-34-30(31-27)39-28(32-34)24-10-12-26(13-11-24)33-16-14-22(15-17-33)21-37-19-5-4-18-36-2/h6-13,20,22H,3-5,14-19,21H2,1-2H3. The van der Waals surface area contributed by atoms with Crippen molar-refractivity contribution in [1.29, 1.82) is 0 Å². The van der Waals surface area contributed by atoms with Gasteiger partial charge in [0.1, 0.15) is 5.01 Å². The highest BCUT2D eigenvalue weighted by Gasteiger charge is 2.20. The van der Waals surface area contributed by atoms with Crippen LogP contribution in [-0.4, -0.2) is 67.2 Å². The van der Waals surface area contributed by atoms with Crippen molar-refractivity contribution in [3.05, 3.63) is 60.3 Å². The number of piperidine rings is 1. The summed E-state index contributed by atoms with van der Waals surface area (Å²) in [5.41, 5.74) is 4.64. The quantitative estimate of drug-likeness (QED) is 0.160. The Balaban J connectivity index is 1.14. The number of carbonyl (C=O) groups is 1. The van der Waals surface area contributed by atoms with E-state index < -0.39 is 0 Å². The SMILES string of the molecule is CCOC(=O)c1ccc(-c2cn3nc(-c4ccc(N5CCC(COCCCCOC)CC5)cc4)sc3n2)cc1. The van der Waals surface area contributed by atoms with Crippen LogP contribution >= 0.6 is 11.3 Å². The molecule has 206 valence electrons. The van der Waals surface area contributed by atoms with Crippen molar-refractivity contribution in [3.8, 4) is 21.8 Å². The highest BCUT2D eigenvalue weighted by molar-refractivity contribution is 7.19. The van der Waals surface area contributed by atoms with Gasteiger partial charge in [0.25, 0.3) is 0 Å². The van der Waals surface area contributed by atoms with Gasteiger partial charge in [-0.1, -0.05) is 23.5 Å². The van der Waals surface area contributed by atoms with E-state index in [1.54, 1.807) is 37.5 Å². The van der Waals surface area contributed by atoms with Crippen LogP contribution in [0.15, 0.2) is 54.7 Å². The van der Waals surface area contributed by atoms with Crippen molar-refractivity contribution < 1.29 is 19.0 Å². The highest BCUT2D eigenvalue weighted by Crippen LogP contribution is 2.31. The number of hydrogen-bond donors (Lipinski definition) is 0. The second-order valence-corrected chi connectivity index (χ2v) is 10.8. The maximum atomic E-state index is 11.9. The summed E-state index contributed by atoms with van der Waals surface area (Å²) in [5.74, 6) is 0.334. The van der Waals surface area contributed by atoms with E-state index in [0.717, 1.165) is 85.4 Å². The monoisotopic (exact) mass is 548 g/mol. The molecule has 4 aromatic rings. The molecule has 0 N–H and O–H groups in total. The zero-order chi connectivity index (χ0) is 27.0. The third-order valence-corrected chi connectivity index (χ3v) is 8.04. The van der Waals surface area contributed by atoms with Gasteiger partial charge in [0, 0.05) is 56.8 Å². The Labute approximate surface area is 233 Å². The van der Waals surface area contributed by atoms with Crippen molar-refractivity contribution in [1.82, 2.24) is 14.6 Å². The zero-order valence-electron chi connectivity index (χ0n) is 22.7. The lowest BCUT2D eigenvalue weighted by atomic mass is 9.97. The lowest BCUT2D eigenvalue weighted by Crippen LogP contribution is -2.35. The number of aromatic nitrogens is 3. The minimum Gasteiger partial charge on any atom is -0.462 e. The number of anilines is 1. The molecule has 2 aromatic carbocycles. The van der Waals surface area contributed by atoms with Crippen LogP contribution in [0.3, 0.4) is 0 Å². The fourth-order valence-electron chi connectivity index (χ4n) is 4.82. The molecule has 9 heteroatoms. The van der Waals surface area contributed by atoms with Gasteiger partial charge in [0.15, 0.2) is 0 Å². The van der Waals surface area contributed by atoms with Gasteiger partial charge < -0.3 is 19.1 Å². The number of ether oxygens (including phenoxy) is 3. The number of benzene rings is 2. The number of fused-ring (bicyclic) bond motifs is 1. The number of methoxy groups -OCH3 is 1. The van der Waals surface area contributed by atoms with E-state index in [1.807, 2.05) is 22.8 Å². The third-order valence-electron chi connectivity index (χ3n) is 7.07. The van der Waals surface area contributed by atoms with Crippen LogP contribution in [0.5, 0.6) is 0 Å². The molecule has 1 saturated heterocycles. The van der Waals surface area contributed by atoms with Gasteiger partial charge in [-0.15, -0.1) is 0 Å². The molecule has 0 spiro atoms. The van der Waals surface area contributed by atoms with Crippen LogP contribution in [-0.2, 0) is 14.2 Å². The maximum absolute atomic E-state index is 11.9. The average molecular weight is 549 g/mol. The highest BCUT2D eigenvalue weighted by atomic mass is 32.1. The van der Waals surface area contributed by atoms with Gasteiger partial charge in [-0.2, -0.15) is 5.10 Å². The second-order valence-electron chi connectivity index (χ2n) is 9.81. The number of unbranched alkanes of at least 4 members (excludes halogenated alkanes) is 1. The third kappa shape index (κ3) is 6.84. The summed E-state index contributed by atoms with van der Waals surface area (Å²) in [6.07, 6.45) is 6.39. The summed E-state index contributed by atoms with van der Waals surface area (Å²) >= 11 is 1.57. The van der Waals surface area contributed by atoms with E-state index in [-0.39, 0.29) is 5.97 Å². The molecule has 39 heavy (non-hydrogen) atoms. The van der Waals surface area contributed by atoms with Crippen LogP contribution in [0.25, 0.3) is 26.8 Å². The number of carbonyl (C=O) groups excluding carboxylic acids is 1. The number of rotatable bonds is 12. The van der Waals surface area contributed by atoms with E-state index in [2.05, 4.69) is 29.2 Å². The molecule has 0 saturated carbocycles. The molecule has 1 aliphatic rings. The molecule has 5 rings (SSSR count). The fourth-order valence-corrected chi connectivity index (χ4v) is 5.71.